The van der Waals surface area contributed by atoms with E-state index < -0.39 is 47.0 Å². The van der Waals surface area contributed by atoms with Crippen molar-refractivity contribution in [3.63, 3.8) is 0 Å². The molecule has 4 amide bonds. The van der Waals surface area contributed by atoms with Crippen molar-refractivity contribution in [2.24, 2.45) is 40.7 Å². The summed E-state index contributed by atoms with van der Waals surface area (Å²) in [6.07, 6.45) is 2.81. The molecule has 0 radical (unpaired) electrons. The van der Waals surface area contributed by atoms with E-state index in [1.54, 1.807) is 30.2 Å². The van der Waals surface area contributed by atoms with Crippen LogP contribution in [0.3, 0.4) is 0 Å². The first kappa shape index (κ1) is 30.6. The summed E-state index contributed by atoms with van der Waals surface area (Å²) in [5.74, 6) is -0.115. The average molecular weight is 595 g/mol. The van der Waals surface area contributed by atoms with Crippen LogP contribution < -0.4 is 15.8 Å². The molecular weight excluding hydrogens is 552 g/mol. The molecule has 3 N–H and O–H groups in total. The number of hydrogen-bond acceptors (Lipinski definition) is 8. The van der Waals surface area contributed by atoms with E-state index in [-0.39, 0.29) is 36.6 Å². The highest BCUT2D eigenvalue weighted by Gasteiger charge is 2.64. The highest BCUT2D eigenvalue weighted by Crippen LogP contribution is 2.60. The maximum atomic E-state index is 14.7. The minimum Gasteiger partial charge on any atom is -0.474 e. The lowest BCUT2D eigenvalue weighted by molar-refractivity contribution is -0.149. The van der Waals surface area contributed by atoms with E-state index in [4.69, 9.17) is 15.2 Å². The molecular formula is C31H42N6O6. The standard InChI is InChI=1S/C31H42N6O6/c1-16-10-18-11-20(16)23-21(18)14-36(27(39)25(30(3,4)5)35-29(41)42-6)24(23)26(38)37-15-31(28(33)40,12-19(37)13-32)43-22-8-7-9-34-17(22)2/h7-9,16,18-21,23-25H,10-12,14-15H2,1-6H3,(H2,33,40)(H,35,41). The van der Waals surface area contributed by atoms with E-state index >= 15 is 0 Å². The van der Waals surface area contributed by atoms with Crippen molar-refractivity contribution in [3.8, 4) is 11.8 Å². The average Bonchev–Trinajstić information content (AvgIpc) is 3.71. The van der Waals surface area contributed by atoms with Crippen LogP contribution in [0.5, 0.6) is 5.75 Å². The molecule has 1 aromatic rings. The lowest BCUT2D eigenvalue weighted by Gasteiger charge is -2.38. The number of fused-ring (bicyclic) bond motifs is 5. The largest absolute Gasteiger partial charge is 0.474 e. The molecule has 3 heterocycles. The second kappa shape index (κ2) is 11.0. The molecule has 12 heteroatoms. The Morgan fingerprint density at radius 3 is 2.53 bits per heavy atom. The van der Waals surface area contributed by atoms with Crippen LogP contribution in [0.1, 0.15) is 52.7 Å². The first-order valence-electron chi connectivity index (χ1n) is 15.0. The number of hydrogen-bond donors (Lipinski definition) is 2. The summed E-state index contributed by atoms with van der Waals surface area (Å²) in [5.41, 5.74) is 4.11. The molecule has 2 aliphatic carbocycles. The minimum atomic E-state index is -1.64. The number of aryl methyl sites for hydroxylation is 1. The number of primary amides is 1. The van der Waals surface area contributed by atoms with Crippen LogP contribution in [0.15, 0.2) is 18.3 Å². The van der Waals surface area contributed by atoms with Gasteiger partial charge in [-0.2, -0.15) is 5.26 Å². The number of rotatable bonds is 6. The number of nitriles is 1. The van der Waals surface area contributed by atoms with E-state index in [0.29, 0.717) is 29.8 Å². The predicted molar refractivity (Wildman–Crippen MR) is 154 cm³/mol. The van der Waals surface area contributed by atoms with E-state index in [1.807, 2.05) is 20.8 Å². The van der Waals surface area contributed by atoms with Gasteiger partial charge in [-0.25, -0.2) is 4.79 Å². The van der Waals surface area contributed by atoms with Crippen molar-refractivity contribution in [1.29, 1.82) is 5.26 Å². The molecule has 2 saturated heterocycles. The van der Waals surface area contributed by atoms with Gasteiger partial charge in [0.15, 0.2) is 0 Å². The number of likely N-dealkylation sites (tertiary alicyclic amines) is 2. The fraction of sp³-hybridized carbons (Fsp3) is 0.677. The number of pyridine rings is 1. The number of ether oxygens (including phenoxy) is 2. The molecule has 2 saturated carbocycles. The Bertz CT molecular complexity index is 1350. The monoisotopic (exact) mass is 594 g/mol. The lowest BCUT2D eigenvalue weighted by Crippen LogP contribution is -2.60. The van der Waals surface area contributed by atoms with Gasteiger partial charge in [0.25, 0.3) is 5.91 Å². The predicted octanol–water partition coefficient (Wildman–Crippen LogP) is 2.01. The Kier molecular flexibility index (Phi) is 7.82. The number of alkyl carbamates (subject to hydrolysis) is 1. The molecule has 4 fully saturated rings. The van der Waals surface area contributed by atoms with Crippen LogP contribution >= 0.6 is 0 Å². The Hall–Kier alpha value is -3.88. The number of nitrogens with one attached hydrogen (secondary N) is 1. The molecule has 2 bridgehead atoms. The molecule has 2 aliphatic heterocycles. The number of carbonyl (C=O) groups excluding carboxylic acids is 4. The summed E-state index contributed by atoms with van der Waals surface area (Å²) in [4.78, 5) is 61.4. The summed E-state index contributed by atoms with van der Waals surface area (Å²) >= 11 is 0. The van der Waals surface area contributed by atoms with Crippen molar-refractivity contribution >= 4 is 23.8 Å². The number of amides is 4. The Labute approximate surface area is 252 Å². The van der Waals surface area contributed by atoms with Gasteiger partial charge in [0, 0.05) is 19.2 Å². The number of carbonyl (C=O) groups is 4. The maximum Gasteiger partial charge on any atom is 0.407 e. The summed E-state index contributed by atoms with van der Waals surface area (Å²) in [6.45, 7) is 9.62. The van der Waals surface area contributed by atoms with Crippen molar-refractivity contribution in [3.05, 3.63) is 24.0 Å². The van der Waals surface area contributed by atoms with Crippen LogP contribution in [0, 0.1) is 53.3 Å². The molecule has 4 aliphatic rings. The van der Waals surface area contributed by atoms with Crippen molar-refractivity contribution < 1.29 is 28.7 Å². The highest BCUT2D eigenvalue weighted by atomic mass is 16.5. The molecule has 43 heavy (non-hydrogen) atoms. The summed E-state index contributed by atoms with van der Waals surface area (Å²) in [5, 5.41) is 12.9. The number of aromatic nitrogens is 1. The van der Waals surface area contributed by atoms with Crippen LogP contribution in [0.4, 0.5) is 4.79 Å². The van der Waals surface area contributed by atoms with Gasteiger partial charge in [0.05, 0.1) is 25.4 Å². The smallest absolute Gasteiger partial charge is 0.407 e. The van der Waals surface area contributed by atoms with Gasteiger partial charge in [-0.1, -0.05) is 27.7 Å². The molecule has 1 aromatic heterocycles. The van der Waals surface area contributed by atoms with Crippen LogP contribution in [0.2, 0.25) is 0 Å². The van der Waals surface area contributed by atoms with Gasteiger partial charge >= 0.3 is 6.09 Å². The second-order valence-corrected chi connectivity index (χ2v) is 13.8. The summed E-state index contributed by atoms with van der Waals surface area (Å²) in [7, 11) is 1.24. The number of nitrogens with zero attached hydrogens (tertiary/aromatic N) is 4. The Balaban J connectivity index is 1.51. The highest BCUT2D eigenvalue weighted by molar-refractivity contribution is 5.94. The van der Waals surface area contributed by atoms with Crippen molar-refractivity contribution in [1.82, 2.24) is 20.1 Å². The zero-order chi connectivity index (χ0) is 31.4. The number of methoxy groups -OCH3 is 1. The summed E-state index contributed by atoms with van der Waals surface area (Å²) < 4.78 is 11.0. The van der Waals surface area contributed by atoms with Gasteiger partial charge in [0.2, 0.25) is 17.4 Å². The number of nitrogens with two attached hydrogens (primary N) is 1. The first-order valence-corrected chi connectivity index (χ1v) is 15.0. The van der Waals surface area contributed by atoms with Crippen LogP contribution in [-0.4, -0.2) is 82.5 Å². The Morgan fingerprint density at radius 1 is 1.21 bits per heavy atom. The van der Waals surface area contributed by atoms with E-state index in [0.717, 1.165) is 12.8 Å². The van der Waals surface area contributed by atoms with Crippen LogP contribution in [0.25, 0.3) is 0 Å². The third-order valence-electron chi connectivity index (χ3n) is 10.2. The quantitative estimate of drug-likeness (QED) is 0.504. The van der Waals surface area contributed by atoms with Gasteiger partial charge in [-0.15, -0.1) is 0 Å². The zero-order valence-electron chi connectivity index (χ0n) is 25.7. The molecule has 9 unspecified atom stereocenters. The minimum absolute atomic E-state index is 0.0895. The first-order chi connectivity index (χ1) is 20.2. The lowest BCUT2D eigenvalue weighted by atomic mass is 9.73. The molecule has 5 rings (SSSR count). The SMILES string of the molecule is COC(=O)NC(C(=O)N1CC2C3CC(C)C(C3)C2C1C(=O)N1CC(Oc2cccnc2C)(C(N)=O)CC1C#N)C(C)(C)C. The van der Waals surface area contributed by atoms with Gasteiger partial charge in [0.1, 0.15) is 23.9 Å². The van der Waals surface area contributed by atoms with Crippen molar-refractivity contribution in [2.45, 2.75) is 77.6 Å². The van der Waals surface area contributed by atoms with Gasteiger partial charge in [-0.05, 0) is 66.9 Å². The topological polar surface area (TPSA) is 168 Å². The normalized spacial score (nSPS) is 33.5. The fourth-order valence-electron chi connectivity index (χ4n) is 8.13. The third-order valence-corrected chi connectivity index (χ3v) is 10.2. The van der Waals surface area contributed by atoms with Gasteiger partial charge in [-0.3, -0.25) is 19.4 Å². The van der Waals surface area contributed by atoms with Crippen molar-refractivity contribution in [2.75, 3.05) is 20.2 Å². The van der Waals surface area contributed by atoms with E-state index in [9.17, 15) is 24.4 Å². The molecule has 232 valence electrons. The maximum absolute atomic E-state index is 14.7. The van der Waals surface area contributed by atoms with E-state index in [2.05, 4.69) is 23.3 Å². The van der Waals surface area contributed by atoms with Crippen LogP contribution in [-0.2, 0) is 19.1 Å². The Morgan fingerprint density at radius 2 is 1.93 bits per heavy atom. The fourth-order valence-corrected chi connectivity index (χ4v) is 8.13. The van der Waals surface area contributed by atoms with E-state index in [1.165, 1.54) is 12.0 Å². The molecule has 9 atom stereocenters. The molecule has 12 nitrogen and oxygen atoms in total. The second-order valence-electron chi connectivity index (χ2n) is 13.8. The molecule has 0 aromatic carbocycles. The third kappa shape index (κ3) is 5.17. The zero-order valence-corrected chi connectivity index (χ0v) is 25.7. The molecule has 0 spiro atoms. The summed E-state index contributed by atoms with van der Waals surface area (Å²) in [6, 6.07) is 2.73. The van der Waals surface area contributed by atoms with Gasteiger partial charge < -0.3 is 30.3 Å².